The number of carbonyl (C=O) groups is 1. The largest absolute Gasteiger partial charge is 0.368 e. The van der Waals surface area contributed by atoms with E-state index >= 15 is 0 Å². The van der Waals surface area contributed by atoms with Gasteiger partial charge in [0.25, 0.3) is 0 Å². The highest BCUT2D eigenvalue weighted by Gasteiger charge is 2.28. The first-order chi connectivity index (χ1) is 14.0. The molecule has 156 valence electrons. The van der Waals surface area contributed by atoms with Gasteiger partial charge in [0, 0.05) is 45.8 Å². The minimum absolute atomic E-state index is 0.0160. The monoisotopic (exact) mass is 416 g/mol. The summed E-state index contributed by atoms with van der Waals surface area (Å²) in [6, 6.07) is 13.0. The lowest BCUT2D eigenvalue weighted by atomic mass is 10.2. The predicted molar refractivity (Wildman–Crippen MR) is 113 cm³/mol. The Morgan fingerprint density at radius 1 is 1.10 bits per heavy atom. The van der Waals surface area contributed by atoms with Crippen molar-refractivity contribution in [1.29, 1.82) is 0 Å². The summed E-state index contributed by atoms with van der Waals surface area (Å²) in [7, 11) is -1.82. The van der Waals surface area contributed by atoms with Crippen molar-refractivity contribution in [3.8, 4) is 0 Å². The highest BCUT2D eigenvalue weighted by atomic mass is 32.2. The normalized spacial score (nSPS) is 15.1. The molecule has 0 saturated carbocycles. The van der Waals surface area contributed by atoms with E-state index in [2.05, 4.69) is 10.3 Å². The van der Waals surface area contributed by atoms with Gasteiger partial charge >= 0.3 is 0 Å². The number of hydrogen-bond acceptors (Lipinski definition) is 5. The first kappa shape index (κ1) is 21.3. The third kappa shape index (κ3) is 5.55. The van der Waals surface area contributed by atoms with Crippen LogP contribution < -0.4 is 5.32 Å². The number of nitrogens with zero attached hydrogens (tertiary/aromatic N) is 3. The van der Waals surface area contributed by atoms with Gasteiger partial charge in [-0.05, 0) is 30.5 Å². The molecule has 1 aliphatic rings. The molecule has 1 fully saturated rings. The maximum Gasteiger partial charge on any atom is 0.246 e. The number of amides is 1. The lowest BCUT2D eigenvalue weighted by Gasteiger charge is -2.26. The molecule has 3 rings (SSSR count). The average Bonchev–Trinajstić information content (AvgIpc) is 2.75. The molecule has 0 unspecified atom stereocenters. The fraction of sp³-hybridized carbons (Fsp3) is 0.429. The van der Waals surface area contributed by atoms with Crippen molar-refractivity contribution in [2.24, 2.45) is 0 Å². The molecule has 1 aliphatic heterocycles. The second-order valence-corrected chi connectivity index (χ2v) is 9.13. The van der Waals surface area contributed by atoms with E-state index in [0.29, 0.717) is 32.0 Å². The predicted octanol–water partition coefficient (Wildman–Crippen LogP) is 2.72. The SMILES string of the molecule is CN(Cc1ccccc1)C(=O)CCNc1ncccc1S(=O)(=O)N1CCCCC1. The number of piperidine rings is 1. The summed E-state index contributed by atoms with van der Waals surface area (Å²) in [5.41, 5.74) is 1.07. The molecule has 0 bridgehead atoms. The number of sulfonamides is 1. The van der Waals surface area contributed by atoms with E-state index in [0.717, 1.165) is 24.8 Å². The van der Waals surface area contributed by atoms with E-state index in [1.165, 1.54) is 4.31 Å². The fourth-order valence-electron chi connectivity index (χ4n) is 3.40. The average molecular weight is 417 g/mol. The first-order valence-corrected chi connectivity index (χ1v) is 11.4. The van der Waals surface area contributed by atoms with Crippen molar-refractivity contribution in [3.05, 3.63) is 54.2 Å². The van der Waals surface area contributed by atoms with Crippen LogP contribution in [-0.4, -0.2) is 55.2 Å². The summed E-state index contributed by atoms with van der Waals surface area (Å²) < 4.78 is 27.5. The second kappa shape index (κ2) is 9.84. The molecule has 1 aromatic carbocycles. The molecule has 2 heterocycles. The molecule has 1 saturated heterocycles. The fourth-order valence-corrected chi connectivity index (χ4v) is 5.04. The zero-order chi connectivity index (χ0) is 20.7. The van der Waals surface area contributed by atoms with E-state index in [9.17, 15) is 13.2 Å². The number of anilines is 1. The molecule has 0 atom stereocenters. The first-order valence-electron chi connectivity index (χ1n) is 9.95. The molecule has 2 aromatic rings. The summed E-state index contributed by atoms with van der Waals surface area (Å²) in [4.78, 5) is 18.5. The Balaban J connectivity index is 1.59. The van der Waals surface area contributed by atoms with Crippen LogP contribution in [0.1, 0.15) is 31.2 Å². The van der Waals surface area contributed by atoms with Crippen molar-refractivity contribution < 1.29 is 13.2 Å². The third-order valence-electron chi connectivity index (χ3n) is 5.02. The van der Waals surface area contributed by atoms with Gasteiger partial charge in [-0.25, -0.2) is 13.4 Å². The Bertz CT molecular complexity index is 913. The number of aromatic nitrogens is 1. The standard InChI is InChI=1S/C21H28N4O3S/c1-24(17-18-9-4-2-5-10-18)20(26)12-14-23-21-19(11-8-13-22-21)29(27,28)25-15-6-3-7-16-25/h2,4-5,8-11,13H,3,6-7,12,14-17H2,1H3,(H,22,23). The van der Waals surface area contributed by atoms with Gasteiger partial charge in [0.05, 0.1) is 0 Å². The Morgan fingerprint density at radius 2 is 1.83 bits per heavy atom. The Hall–Kier alpha value is -2.45. The van der Waals surface area contributed by atoms with Crippen molar-refractivity contribution in [2.45, 2.75) is 37.1 Å². The number of rotatable bonds is 8. The van der Waals surface area contributed by atoms with Crippen molar-refractivity contribution >= 4 is 21.7 Å². The minimum atomic E-state index is -3.59. The van der Waals surface area contributed by atoms with E-state index in [1.807, 2.05) is 30.3 Å². The number of hydrogen-bond donors (Lipinski definition) is 1. The van der Waals surface area contributed by atoms with Crippen LogP contribution in [0.5, 0.6) is 0 Å². The summed E-state index contributed by atoms with van der Waals surface area (Å²) in [5, 5.41) is 3.04. The van der Waals surface area contributed by atoms with Gasteiger partial charge in [0.2, 0.25) is 15.9 Å². The van der Waals surface area contributed by atoms with Gasteiger partial charge in [-0.2, -0.15) is 4.31 Å². The van der Waals surface area contributed by atoms with Crippen molar-refractivity contribution in [1.82, 2.24) is 14.2 Å². The van der Waals surface area contributed by atoms with Crippen LogP contribution in [0.25, 0.3) is 0 Å². The van der Waals surface area contributed by atoms with Crippen molar-refractivity contribution in [2.75, 3.05) is 32.0 Å². The van der Waals surface area contributed by atoms with E-state index in [1.54, 1.807) is 30.3 Å². The zero-order valence-electron chi connectivity index (χ0n) is 16.8. The number of nitrogens with one attached hydrogen (secondary N) is 1. The van der Waals surface area contributed by atoms with Gasteiger partial charge < -0.3 is 10.2 Å². The quantitative estimate of drug-likeness (QED) is 0.715. The summed E-state index contributed by atoms with van der Waals surface area (Å²) in [5.74, 6) is 0.286. The molecule has 1 aromatic heterocycles. The highest BCUT2D eigenvalue weighted by molar-refractivity contribution is 7.89. The Labute approximate surface area is 172 Å². The Morgan fingerprint density at radius 3 is 2.55 bits per heavy atom. The summed E-state index contributed by atoms with van der Waals surface area (Å²) in [6.07, 6.45) is 4.63. The summed E-state index contributed by atoms with van der Waals surface area (Å²) >= 11 is 0. The molecule has 7 nitrogen and oxygen atoms in total. The maximum atomic E-state index is 13.0. The van der Waals surface area contributed by atoms with Crippen molar-refractivity contribution in [3.63, 3.8) is 0 Å². The van der Waals surface area contributed by atoms with E-state index < -0.39 is 10.0 Å². The van der Waals surface area contributed by atoms with Crippen LogP contribution in [0.3, 0.4) is 0 Å². The van der Waals surface area contributed by atoms with E-state index in [-0.39, 0.29) is 17.2 Å². The number of carbonyl (C=O) groups excluding carboxylic acids is 1. The third-order valence-corrected chi connectivity index (χ3v) is 6.95. The highest BCUT2D eigenvalue weighted by Crippen LogP contribution is 2.25. The van der Waals surface area contributed by atoms with Crippen LogP contribution in [0.2, 0.25) is 0 Å². The maximum absolute atomic E-state index is 13.0. The smallest absolute Gasteiger partial charge is 0.246 e. The molecule has 1 amide bonds. The molecule has 1 N–H and O–H groups in total. The zero-order valence-corrected chi connectivity index (χ0v) is 17.6. The van der Waals surface area contributed by atoms with Crippen LogP contribution in [-0.2, 0) is 21.4 Å². The molecular weight excluding hydrogens is 388 g/mol. The molecule has 0 aliphatic carbocycles. The molecule has 0 radical (unpaired) electrons. The van der Waals surface area contributed by atoms with Crippen LogP contribution in [0, 0.1) is 0 Å². The number of benzene rings is 1. The van der Waals surface area contributed by atoms with Crippen LogP contribution in [0.4, 0.5) is 5.82 Å². The summed E-state index contributed by atoms with van der Waals surface area (Å²) in [6.45, 7) is 1.94. The molecule has 0 spiro atoms. The topological polar surface area (TPSA) is 82.6 Å². The van der Waals surface area contributed by atoms with Gasteiger partial charge in [-0.15, -0.1) is 0 Å². The molecular formula is C21H28N4O3S. The lowest BCUT2D eigenvalue weighted by Crippen LogP contribution is -2.36. The Kier molecular flexibility index (Phi) is 7.22. The van der Waals surface area contributed by atoms with E-state index in [4.69, 9.17) is 0 Å². The van der Waals surface area contributed by atoms with Gasteiger partial charge in [0.1, 0.15) is 10.7 Å². The number of pyridine rings is 1. The van der Waals surface area contributed by atoms with Gasteiger partial charge in [0.15, 0.2) is 0 Å². The van der Waals surface area contributed by atoms with Crippen LogP contribution in [0.15, 0.2) is 53.6 Å². The lowest BCUT2D eigenvalue weighted by molar-refractivity contribution is -0.130. The molecule has 29 heavy (non-hydrogen) atoms. The van der Waals surface area contributed by atoms with Gasteiger partial charge in [-0.1, -0.05) is 36.8 Å². The minimum Gasteiger partial charge on any atom is -0.368 e. The second-order valence-electron chi connectivity index (χ2n) is 7.23. The molecule has 8 heteroatoms. The van der Waals surface area contributed by atoms with Crippen LogP contribution >= 0.6 is 0 Å². The van der Waals surface area contributed by atoms with Gasteiger partial charge in [-0.3, -0.25) is 4.79 Å².